The third-order valence-electron chi connectivity index (χ3n) is 3.50. The summed E-state index contributed by atoms with van der Waals surface area (Å²) in [6.07, 6.45) is 9.54. The van der Waals surface area contributed by atoms with Crippen molar-refractivity contribution >= 4 is 11.6 Å². The Hall–Kier alpha value is 0.250. The summed E-state index contributed by atoms with van der Waals surface area (Å²) in [5.41, 5.74) is 0.355. The molecule has 1 saturated carbocycles. The van der Waals surface area contributed by atoms with E-state index in [1.54, 1.807) is 0 Å². The highest BCUT2D eigenvalue weighted by molar-refractivity contribution is 6.17. The summed E-state index contributed by atoms with van der Waals surface area (Å²) in [6, 6.07) is 0.766. The summed E-state index contributed by atoms with van der Waals surface area (Å²) in [7, 11) is 0. The first-order chi connectivity index (χ1) is 7.14. The van der Waals surface area contributed by atoms with Crippen molar-refractivity contribution < 1.29 is 0 Å². The summed E-state index contributed by atoms with van der Waals surface area (Å²) in [5.74, 6) is 0.777. The minimum absolute atomic E-state index is 0.355. The summed E-state index contributed by atoms with van der Waals surface area (Å²) in [4.78, 5) is 0. The smallest absolute Gasteiger partial charge is 0.0229 e. The maximum Gasteiger partial charge on any atom is 0.0229 e. The molecule has 1 aliphatic carbocycles. The lowest BCUT2D eigenvalue weighted by atomic mass is 9.89. The van der Waals surface area contributed by atoms with E-state index >= 15 is 0 Å². The van der Waals surface area contributed by atoms with Crippen LogP contribution in [0.2, 0.25) is 0 Å². The molecule has 90 valence electrons. The maximum atomic E-state index is 5.81. The van der Waals surface area contributed by atoms with Gasteiger partial charge in [0.25, 0.3) is 0 Å². The van der Waals surface area contributed by atoms with Crippen LogP contribution in [-0.2, 0) is 0 Å². The van der Waals surface area contributed by atoms with E-state index in [0.29, 0.717) is 5.41 Å². The van der Waals surface area contributed by atoms with Crippen LogP contribution in [0.3, 0.4) is 0 Å². The van der Waals surface area contributed by atoms with Gasteiger partial charge in [0.1, 0.15) is 0 Å². The predicted octanol–water partition coefficient (Wildman–Crippen LogP) is 3.95. The molecular weight excluding hydrogens is 206 g/mol. The van der Waals surface area contributed by atoms with Gasteiger partial charge in [-0.15, -0.1) is 11.6 Å². The molecule has 0 heterocycles. The molecule has 0 aliphatic heterocycles. The van der Waals surface area contributed by atoms with Gasteiger partial charge in [0.2, 0.25) is 0 Å². The molecule has 1 aliphatic rings. The Bertz CT molecular complexity index is 160. The fourth-order valence-corrected chi connectivity index (χ4v) is 2.76. The zero-order valence-electron chi connectivity index (χ0n) is 10.3. The zero-order valence-corrected chi connectivity index (χ0v) is 11.1. The monoisotopic (exact) mass is 231 g/mol. The number of rotatable bonds is 5. The molecule has 0 aromatic carbocycles. The molecule has 1 N–H and O–H groups in total. The van der Waals surface area contributed by atoms with Crippen molar-refractivity contribution in [3.8, 4) is 0 Å². The van der Waals surface area contributed by atoms with E-state index < -0.39 is 0 Å². The van der Waals surface area contributed by atoms with Crippen molar-refractivity contribution in [3.63, 3.8) is 0 Å². The second-order valence-electron chi connectivity index (χ2n) is 5.67. The molecule has 0 amide bonds. The van der Waals surface area contributed by atoms with Gasteiger partial charge in [-0.1, -0.05) is 39.5 Å². The van der Waals surface area contributed by atoms with Crippen molar-refractivity contribution in [2.24, 2.45) is 5.41 Å². The maximum absolute atomic E-state index is 5.81. The Kier molecular flexibility index (Phi) is 5.99. The molecule has 1 rings (SSSR count). The van der Waals surface area contributed by atoms with Crippen molar-refractivity contribution in [2.45, 2.75) is 64.8 Å². The fraction of sp³-hybridized carbons (Fsp3) is 1.00. The van der Waals surface area contributed by atoms with Crippen molar-refractivity contribution in [1.82, 2.24) is 5.32 Å². The third-order valence-corrected chi connectivity index (χ3v) is 3.68. The van der Waals surface area contributed by atoms with E-state index in [1.165, 1.54) is 38.5 Å². The Morgan fingerprint density at radius 1 is 1.13 bits per heavy atom. The first kappa shape index (κ1) is 13.3. The largest absolute Gasteiger partial charge is 0.313 e. The second-order valence-corrected chi connectivity index (χ2v) is 6.05. The highest BCUT2D eigenvalue weighted by Crippen LogP contribution is 2.22. The number of hydrogen-bond donors (Lipinski definition) is 1. The van der Waals surface area contributed by atoms with Crippen LogP contribution in [0, 0.1) is 5.41 Å². The lowest BCUT2D eigenvalue weighted by Crippen LogP contribution is -2.37. The lowest BCUT2D eigenvalue weighted by molar-refractivity contribution is 0.300. The van der Waals surface area contributed by atoms with Crippen molar-refractivity contribution in [3.05, 3.63) is 0 Å². The van der Waals surface area contributed by atoms with Crippen LogP contribution in [0.25, 0.3) is 0 Å². The topological polar surface area (TPSA) is 12.0 Å². The molecule has 0 atom stereocenters. The summed E-state index contributed by atoms with van der Waals surface area (Å²) < 4.78 is 0. The average Bonchev–Trinajstić information content (AvgIpc) is 2.43. The van der Waals surface area contributed by atoms with Crippen molar-refractivity contribution in [2.75, 3.05) is 12.4 Å². The third kappa shape index (κ3) is 5.77. The summed E-state index contributed by atoms with van der Waals surface area (Å²) >= 11 is 5.81. The summed E-state index contributed by atoms with van der Waals surface area (Å²) in [5, 5.41) is 3.73. The van der Waals surface area contributed by atoms with E-state index in [4.69, 9.17) is 11.6 Å². The van der Waals surface area contributed by atoms with Crippen LogP contribution in [0.5, 0.6) is 0 Å². The highest BCUT2D eigenvalue weighted by atomic mass is 35.5. The van der Waals surface area contributed by atoms with Gasteiger partial charge in [0.15, 0.2) is 0 Å². The number of halogens is 1. The Morgan fingerprint density at radius 2 is 1.73 bits per heavy atom. The standard InChI is InChI=1S/C13H26ClN/c1-13(2,9-10-14)11-15-12-7-5-3-4-6-8-12/h12,15H,3-11H2,1-2H3. The van der Waals surface area contributed by atoms with E-state index in [1.807, 2.05) is 0 Å². The van der Waals surface area contributed by atoms with Gasteiger partial charge < -0.3 is 5.32 Å². The van der Waals surface area contributed by atoms with Crippen LogP contribution < -0.4 is 5.32 Å². The van der Waals surface area contributed by atoms with E-state index in [0.717, 1.165) is 24.9 Å². The van der Waals surface area contributed by atoms with Crippen LogP contribution in [0.1, 0.15) is 58.8 Å². The molecule has 0 spiro atoms. The van der Waals surface area contributed by atoms with Crippen LogP contribution in [-0.4, -0.2) is 18.5 Å². The molecule has 0 unspecified atom stereocenters. The quantitative estimate of drug-likeness (QED) is 0.558. The molecule has 1 fully saturated rings. The van der Waals surface area contributed by atoms with E-state index in [-0.39, 0.29) is 0 Å². The van der Waals surface area contributed by atoms with Gasteiger partial charge >= 0.3 is 0 Å². The first-order valence-electron chi connectivity index (χ1n) is 6.43. The van der Waals surface area contributed by atoms with Gasteiger partial charge in [-0.25, -0.2) is 0 Å². The van der Waals surface area contributed by atoms with Gasteiger partial charge in [-0.2, -0.15) is 0 Å². The van der Waals surface area contributed by atoms with Crippen LogP contribution in [0.15, 0.2) is 0 Å². The molecule has 0 saturated heterocycles. The van der Waals surface area contributed by atoms with Crippen LogP contribution >= 0.6 is 11.6 Å². The molecular formula is C13H26ClN. The van der Waals surface area contributed by atoms with E-state index in [2.05, 4.69) is 19.2 Å². The SMILES string of the molecule is CC(C)(CCCl)CNC1CCCCCC1. The molecule has 0 radical (unpaired) electrons. The second kappa shape index (κ2) is 6.75. The fourth-order valence-electron chi connectivity index (χ4n) is 2.25. The van der Waals surface area contributed by atoms with Gasteiger partial charge in [-0.05, 0) is 24.7 Å². The minimum atomic E-state index is 0.355. The Labute approximate surface area is 100.0 Å². The Morgan fingerprint density at radius 3 is 2.27 bits per heavy atom. The highest BCUT2D eigenvalue weighted by Gasteiger charge is 2.19. The predicted molar refractivity (Wildman–Crippen MR) is 68.6 cm³/mol. The summed E-state index contributed by atoms with van der Waals surface area (Å²) in [6.45, 7) is 5.72. The average molecular weight is 232 g/mol. The van der Waals surface area contributed by atoms with Crippen molar-refractivity contribution in [1.29, 1.82) is 0 Å². The first-order valence-corrected chi connectivity index (χ1v) is 6.97. The van der Waals surface area contributed by atoms with Gasteiger partial charge in [-0.3, -0.25) is 0 Å². The lowest BCUT2D eigenvalue weighted by Gasteiger charge is -2.27. The minimum Gasteiger partial charge on any atom is -0.313 e. The normalized spacial score (nSPS) is 20.2. The number of alkyl halides is 1. The van der Waals surface area contributed by atoms with E-state index in [9.17, 15) is 0 Å². The molecule has 0 bridgehead atoms. The van der Waals surface area contributed by atoms with Gasteiger partial charge in [0, 0.05) is 18.5 Å². The molecule has 0 aromatic heterocycles. The molecule has 1 nitrogen and oxygen atoms in total. The zero-order chi connectivity index (χ0) is 11.1. The van der Waals surface area contributed by atoms with Crippen LogP contribution in [0.4, 0.5) is 0 Å². The Balaban J connectivity index is 2.22. The van der Waals surface area contributed by atoms with Gasteiger partial charge in [0.05, 0.1) is 0 Å². The molecule has 15 heavy (non-hydrogen) atoms. The molecule has 0 aromatic rings. The number of nitrogens with one attached hydrogen (secondary N) is 1. The molecule has 2 heteroatoms. The number of hydrogen-bond acceptors (Lipinski definition) is 1.